The van der Waals surface area contributed by atoms with Crippen LogP contribution in [0.25, 0.3) is 0 Å². The number of hydrogen-bond donors (Lipinski definition) is 0. The van der Waals surface area contributed by atoms with Crippen molar-refractivity contribution in [2.75, 3.05) is 18.1 Å². The SMILES string of the molecule is CC(C)(C)[Si](OCCCC/C=C(\F)CC1SCCCS1)(c1ccccc1)c1ccccc1. The predicted octanol–water partition coefficient (Wildman–Crippen LogP) is 7.17. The summed E-state index contributed by atoms with van der Waals surface area (Å²) in [5.74, 6) is 2.40. The molecule has 32 heavy (non-hydrogen) atoms. The fraction of sp³-hybridized carbons (Fsp3) is 0.481. The minimum absolute atomic E-state index is 0.00293. The fourth-order valence-electron chi connectivity index (χ4n) is 4.39. The van der Waals surface area contributed by atoms with Gasteiger partial charge in [-0.2, -0.15) is 0 Å². The van der Waals surface area contributed by atoms with Crippen molar-refractivity contribution in [1.82, 2.24) is 0 Å². The summed E-state index contributed by atoms with van der Waals surface area (Å²) in [6.45, 7) is 7.62. The van der Waals surface area contributed by atoms with E-state index in [0.29, 0.717) is 17.6 Å². The van der Waals surface area contributed by atoms with Gasteiger partial charge in [-0.25, -0.2) is 4.39 Å². The van der Waals surface area contributed by atoms with Gasteiger partial charge in [0, 0.05) is 13.0 Å². The topological polar surface area (TPSA) is 9.23 Å². The van der Waals surface area contributed by atoms with E-state index in [4.69, 9.17) is 4.43 Å². The second kappa shape index (κ2) is 12.4. The molecular weight excluding hydrogens is 452 g/mol. The Morgan fingerprint density at radius 3 is 2.06 bits per heavy atom. The molecule has 0 spiro atoms. The number of halogens is 1. The van der Waals surface area contributed by atoms with Crippen LogP contribution in [0.5, 0.6) is 0 Å². The predicted molar refractivity (Wildman–Crippen MR) is 145 cm³/mol. The maximum Gasteiger partial charge on any atom is 0.261 e. The molecule has 2 aromatic rings. The van der Waals surface area contributed by atoms with Crippen molar-refractivity contribution < 1.29 is 8.82 Å². The number of unbranched alkanes of at least 4 members (excludes halogenated alkanes) is 2. The summed E-state index contributed by atoms with van der Waals surface area (Å²) in [5.41, 5.74) is 0. The summed E-state index contributed by atoms with van der Waals surface area (Å²) in [6, 6.07) is 21.5. The largest absolute Gasteiger partial charge is 0.407 e. The molecule has 174 valence electrons. The first-order chi connectivity index (χ1) is 15.4. The lowest BCUT2D eigenvalue weighted by molar-refractivity contribution is 0.288. The molecule has 5 heteroatoms. The molecule has 2 aromatic carbocycles. The van der Waals surface area contributed by atoms with Crippen molar-refractivity contribution in [3.8, 4) is 0 Å². The maximum absolute atomic E-state index is 14.3. The van der Waals surface area contributed by atoms with Crippen LogP contribution in [0.2, 0.25) is 5.04 Å². The van der Waals surface area contributed by atoms with E-state index >= 15 is 0 Å². The Morgan fingerprint density at radius 2 is 1.53 bits per heavy atom. The van der Waals surface area contributed by atoms with Gasteiger partial charge in [-0.1, -0.05) is 87.5 Å². The van der Waals surface area contributed by atoms with E-state index in [1.54, 1.807) is 6.08 Å². The summed E-state index contributed by atoms with van der Waals surface area (Å²) in [6.07, 6.45) is 6.32. The average molecular weight is 489 g/mol. The van der Waals surface area contributed by atoms with Gasteiger partial charge in [-0.15, -0.1) is 23.5 Å². The zero-order valence-electron chi connectivity index (χ0n) is 19.7. The number of rotatable bonds is 10. The van der Waals surface area contributed by atoms with Gasteiger partial charge >= 0.3 is 0 Å². The molecule has 0 saturated carbocycles. The average Bonchev–Trinajstić information content (AvgIpc) is 2.80. The summed E-state index contributed by atoms with van der Waals surface area (Å²) in [4.78, 5) is 0. The normalized spacial score (nSPS) is 16.3. The number of thioether (sulfide) groups is 2. The van der Waals surface area contributed by atoms with Crippen LogP contribution in [-0.4, -0.2) is 31.0 Å². The summed E-state index contributed by atoms with van der Waals surface area (Å²) in [5, 5.41) is 2.62. The van der Waals surface area contributed by atoms with E-state index in [1.807, 2.05) is 23.5 Å². The summed E-state index contributed by atoms with van der Waals surface area (Å²) >= 11 is 3.81. The van der Waals surface area contributed by atoms with Crippen molar-refractivity contribution >= 4 is 42.2 Å². The Balaban J connectivity index is 1.62. The molecule has 0 N–H and O–H groups in total. The Hall–Kier alpha value is -1.01. The Bertz CT molecular complexity index is 790. The molecule has 1 nitrogen and oxygen atoms in total. The molecule has 1 saturated heterocycles. The smallest absolute Gasteiger partial charge is 0.261 e. The minimum Gasteiger partial charge on any atom is -0.407 e. The van der Waals surface area contributed by atoms with Gasteiger partial charge in [-0.05, 0) is 52.6 Å². The molecule has 0 unspecified atom stereocenters. The third-order valence-corrected chi connectivity index (χ3v) is 13.9. The molecule has 0 aliphatic carbocycles. The molecule has 1 heterocycles. The van der Waals surface area contributed by atoms with Crippen LogP contribution >= 0.6 is 23.5 Å². The lowest BCUT2D eigenvalue weighted by atomic mass is 10.2. The lowest BCUT2D eigenvalue weighted by Crippen LogP contribution is -2.66. The Labute approximate surface area is 203 Å². The van der Waals surface area contributed by atoms with Gasteiger partial charge < -0.3 is 4.43 Å². The molecule has 0 radical (unpaired) electrons. The summed E-state index contributed by atoms with van der Waals surface area (Å²) in [7, 11) is -2.46. The van der Waals surface area contributed by atoms with E-state index in [-0.39, 0.29) is 10.9 Å². The molecular formula is C27H37FOS2Si. The molecule has 1 aliphatic heterocycles. The van der Waals surface area contributed by atoms with Crippen molar-refractivity contribution in [2.45, 2.75) is 62.5 Å². The van der Waals surface area contributed by atoms with Crippen LogP contribution < -0.4 is 10.4 Å². The Kier molecular flexibility index (Phi) is 9.96. The van der Waals surface area contributed by atoms with Crippen molar-refractivity contribution in [2.24, 2.45) is 0 Å². The van der Waals surface area contributed by atoms with Gasteiger partial charge in [0.1, 0.15) is 0 Å². The van der Waals surface area contributed by atoms with Gasteiger partial charge in [-0.3, -0.25) is 0 Å². The fourth-order valence-corrected chi connectivity index (χ4v) is 11.8. The first-order valence-corrected chi connectivity index (χ1v) is 15.8. The lowest BCUT2D eigenvalue weighted by Gasteiger charge is -2.43. The van der Waals surface area contributed by atoms with Gasteiger partial charge in [0.05, 0.1) is 10.4 Å². The molecule has 0 aromatic heterocycles. The van der Waals surface area contributed by atoms with Gasteiger partial charge in [0.15, 0.2) is 0 Å². The second-order valence-corrected chi connectivity index (χ2v) is 16.6. The molecule has 0 bridgehead atoms. The highest BCUT2D eigenvalue weighted by Crippen LogP contribution is 2.37. The number of allylic oxidation sites excluding steroid dienone is 2. The highest BCUT2D eigenvalue weighted by atomic mass is 32.2. The zero-order chi connectivity index (χ0) is 22.9. The first-order valence-electron chi connectivity index (χ1n) is 11.8. The van der Waals surface area contributed by atoms with Crippen molar-refractivity contribution in [3.63, 3.8) is 0 Å². The van der Waals surface area contributed by atoms with Crippen molar-refractivity contribution in [3.05, 3.63) is 72.6 Å². The Morgan fingerprint density at radius 1 is 0.969 bits per heavy atom. The van der Waals surface area contributed by atoms with Crippen LogP contribution in [0.1, 0.15) is 52.9 Å². The third kappa shape index (κ3) is 6.75. The maximum atomic E-state index is 14.3. The van der Waals surface area contributed by atoms with E-state index in [9.17, 15) is 4.39 Å². The highest BCUT2D eigenvalue weighted by Gasteiger charge is 2.49. The van der Waals surface area contributed by atoms with E-state index in [2.05, 4.69) is 81.4 Å². The second-order valence-electron chi connectivity index (χ2n) is 9.39. The van der Waals surface area contributed by atoms with Crippen molar-refractivity contribution in [1.29, 1.82) is 0 Å². The van der Waals surface area contributed by atoms with E-state index < -0.39 is 8.32 Å². The molecule has 1 fully saturated rings. The zero-order valence-corrected chi connectivity index (χ0v) is 22.3. The van der Waals surface area contributed by atoms with Gasteiger partial charge in [0.25, 0.3) is 8.32 Å². The monoisotopic (exact) mass is 488 g/mol. The van der Waals surface area contributed by atoms with Crippen LogP contribution in [0.15, 0.2) is 72.6 Å². The van der Waals surface area contributed by atoms with Gasteiger partial charge in [0.2, 0.25) is 0 Å². The van der Waals surface area contributed by atoms with Crippen LogP contribution in [-0.2, 0) is 4.43 Å². The molecule has 3 rings (SSSR count). The number of benzene rings is 2. The van der Waals surface area contributed by atoms with Crippen LogP contribution in [0.3, 0.4) is 0 Å². The molecule has 0 amide bonds. The standard InChI is InChI=1S/C27H37FOS2Si/c1-27(2,3)32(24-15-8-4-9-16-24,25-17-10-5-11-18-25)29-19-12-6-7-14-23(28)22-26-30-20-13-21-31-26/h4-5,8-11,14-18,26H,6-7,12-13,19-22H2,1-3H3/b23-14-. The minimum atomic E-state index is -2.46. The molecule has 0 atom stereocenters. The highest BCUT2D eigenvalue weighted by molar-refractivity contribution is 8.17. The van der Waals surface area contributed by atoms with E-state index in [0.717, 1.165) is 19.3 Å². The van der Waals surface area contributed by atoms with Crippen LogP contribution in [0, 0.1) is 0 Å². The summed E-state index contributed by atoms with van der Waals surface area (Å²) < 4.78 is 21.6. The molecule has 1 aliphatic rings. The quantitative estimate of drug-likeness (QED) is 0.259. The third-order valence-electron chi connectivity index (χ3n) is 5.96. The van der Waals surface area contributed by atoms with E-state index in [1.165, 1.54) is 28.3 Å². The number of hydrogen-bond acceptors (Lipinski definition) is 3. The van der Waals surface area contributed by atoms with Crippen LogP contribution in [0.4, 0.5) is 4.39 Å². The first kappa shape index (κ1) is 25.6.